The predicted molar refractivity (Wildman–Crippen MR) is 86.5 cm³/mol. The van der Waals surface area contributed by atoms with Gasteiger partial charge in [0.1, 0.15) is 18.0 Å². The highest BCUT2D eigenvalue weighted by Gasteiger charge is 2.18. The molecule has 1 aromatic heterocycles. The molecule has 0 spiro atoms. The van der Waals surface area contributed by atoms with Gasteiger partial charge < -0.3 is 19.3 Å². The molecule has 10 heteroatoms. The quantitative estimate of drug-likeness (QED) is 0.731. The second kappa shape index (κ2) is 8.22. The van der Waals surface area contributed by atoms with Crippen LogP contribution in [0, 0.1) is 0 Å². The number of carbonyl (C=O) groups is 1. The van der Waals surface area contributed by atoms with E-state index in [1.807, 2.05) is 0 Å². The van der Waals surface area contributed by atoms with Crippen molar-refractivity contribution in [3.05, 3.63) is 36.7 Å². The van der Waals surface area contributed by atoms with E-state index in [0.717, 1.165) is 4.31 Å². The van der Waals surface area contributed by atoms with Crippen molar-refractivity contribution in [2.45, 2.75) is 0 Å². The van der Waals surface area contributed by atoms with Gasteiger partial charge in [-0.15, -0.1) is 0 Å². The van der Waals surface area contributed by atoms with Crippen LogP contribution in [0.15, 0.2) is 36.7 Å². The molecule has 1 unspecified atom stereocenters. The number of anilines is 2. The largest absolute Gasteiger partial charge is 0.755 e. The standard InChI is InChI=1S/C14H16N4O5S/c1-22-11-3-4-13(23-2)12(7-11)18(24(20)21)9-14(19)17-10-5-6-15-16-8-10/h3-8H,9H2,1-2H3,(H,20,21)(H,15,17,19)/p-1. The maximum atomic E-state index is 12.1. The van der Waals surface area contributed by atoms with Gasteiger partial charge in [0, 0.05) is 17.3 Å². The molecule has 24 heavy (non-hydrogen) atoms. The molecule has 1 N–H and O–H groups in total. The van der Waals surface area contributed by atoms with Crippen LogP contribution in [-0.2, 0) is 16.1 Å². The average molecular weight is 351 g/mol. The van der Waals surface area contributed by atoms with Gasteiger partial charge in [-0.3, -0.25) is 13.3 Å². The summed E-state index contributed by atoms with van der Waals surface area (Å²) in [7, 11) is 2.85. The zero-order valence-corrected chi connectivity index (χ0v) is 13.8. The van der Waals surface area contributed by atoms with Crippen LogP contribution in [0.3, 0.4) is 0 Å². The number of benzene rings is 1. The van der Waals surface area contributed by atoms with E-state index >= 15 is 0 Å². The zero-order chi connectivity index (χ0) is 17.5. The maximum absolute atomic E-state index is 12.1. The van der Waals surface area contributed by atoms with E-state index in [9.17, 15) is 13.6 Å². The lowest BCUT2D eigenvalue weighted by atomic mass is 10.2. The van der Waals surface area contributed by atoms with Crippen LogP contribution < -0.4 is 19.1 Å². The molecule has 0 radical (unpaired) electrons. The summed E-state index contributed by atoms with van der Waals surface area (Å²) < 4.78 is 34.3. The van der Waals surface area contributed by atoms with Crippen LogP contribution in [-0.4, -0.2) is 45.6 Å². The number of carbonyl (C=O) groups excluding carboxylic acids is 1. The van der Waals surface area contributed by atoms with Gasteiger partial charge in [0.25, 0.3) is 0 Å². The van der Waals surface area contributed by atoms with Crippen molar-refractivity contribution in [3.63, 3.8) is 0 Å². The summed E-state index contributed by atoms with van der Waals surface area (Å²) in [6.45, 7) is -0.442. The average Bonchev–Trinajstić information content (AvgIpc) is 2.59. The van der Waals surface area contributed by atoms with Gasteiger partial charge in [-0.1, -0.05) is 0 Å². The third kappa shape index (κ3) is 4.40. The summed E-state index contributed by atoms with van der Waals surface area (Å²) in [6.07, 6.45) is 2.76. The number of nitrogens with zero attached hydrogens (tertiary/aromatic N) is 3. The summed E-state index contributed by atoms with van der Waals surface area (Å²) in [5, 5.41) is 9.75. The Balaban J connectivity index is 2.23. The highest BCUT2D eigenvalue weighted by molar-refractivity contribution is 7.80. The second-order valence-electron chi connectivity index (χ2n) is 4.47. The van der Waals surface area contributed by atoms with Crippen LogP contribution in [0.4, 0.5) is 11.4 Å². The number of amides is 1. The fraction of sp³-hybridized carbons (Fsp3) is 0.214. The number of hydrogen-bond acceptors (Lipinski definition) is 7. The Labute approximate surface area is 141 Å². The molecule has 2 aromatic rings. The Kier molecular flexibility index (Phi) is 6.04. The summed E-state index contributed by atoms with van der Waals surface area (Å²) in [5.41, 5.74) is 0.595. The van der Waals surface area contributed by atoms with Crippen molar-refractivity contribution in [1.29, 1.82) is 0 Å². The molecule has 0 saturated heterocycles. The number of rotatable bonds is 7. The van der Waals surface area contributed by atoms with Crippen LogP contribution in [0.25, 0.3) is 0 Å². The first-order valence-electron chi connectivity index (χ1n) is 6.70. The lowest BCUT2D eigenvalue weighted by Crippen LogP contribution is -2.35. The summed E-state index contributed by atoms with van der Waals surface area (Å²) in [6, 6.07) is 6.18. The Hall–Kier alpha value is -2.72. The third-order valence-electron chi connectivity index (χ3n) is 2.99. The van der Waals surface area contributed by atoms with Gasteiger partial charge in [0.2, 0.25) is 5.91 Å². The van der Waals surface area contributed by atoms with Crippen molar-refractivity contribution in [1.82, 2.24) is 10.2 Å². The molecule has 0 aliphatic carbocycles. The molecule has 0 bridgehead atoms. The van der Waals surface area contributed by atoms with E-state index in [-0.39, 0.29) is 5.69 Å². The van der Waals surface area contributed by atoms with Gasteiger partial charge in [0.15, 0.2) is 0 Å². The zero-order valence-electron chi connectivity index (χ0n) is 13.0. The molecule has 1 aromatic carbocycles. The van der Waals surface area contributed by atoms with Crippen molar-refractivity contribution in [2.24, 2.45) is 0 Å². The molecule has 9 nitrogen and oxygen atoms in total. The molecule has 1 amide bonds. The number of aromatic nitrogens is 2. The van der Waals surface area contributed by atoms with E-state index in [0.29, 0.717) is 17.2 Å². The third-order valence-corrected chi connectivity index (χ3v) is 3.68. The molecule has 0 aliphatic rings. The first-order valence-corrected chi connectivity index (χ1v) is 7.74. The lowest BCUT2D eigenvalue weighted by Gasteiger charge is -2.27. The molecule has 2 rings (SSSR count). The van der Waals surface area contributed by atoms with E-state index in [4.69, 9.17) is 9.47 Å². The van der Waals surface area contributed by atoms with Gasteiger partial charge in [0.05, 0.1) is 38.0 Å². The van der Waals surface area contributed by atoms with E-state index < -0.39 is 23.7 Å². The Morgan fingerprint density at radius 1 is 1.29 bits per heavy atom. The first-order chi connectivity index (χ1) is 11.5. The van der Waals surface area contributed by atoms with E-state index in [1.165, 1.54) is 38.7 Å². The van der Waals surface area contributed by atoms with Gasteiger partial charge in [-0.25, -0.2) is 0 Å². The number of nitrogens with one attached hydrogen (secondary N) is 1. The van der Waals surface area contributed by atoms with Crippen LogP contribution in [0.2, 0.25) is 0 Å². The highest BCUT2D eigenvalue weighted by atomic mass is 32.2. The van der Waals surface area contributed by atoms with Crippen molar-refractivity contribution < 1.29 is 23.0 Å². The summed E-state index contributed by atoms with van der Waals surface area (Å²) >= 11 is -2.70. The van der Waals surface area contributed by atoms with Crippen LogP contribution >= 0.6 is 0 Å². The molecular formula is C14H15N4O5S-. The van der Waals surface area contributed by atoms with Crippen molar-refractivity contribution >= 4 is 28.5 Å². The van der Waals surface area contributed by atoms with Crippen molar-refractivity contribution in [2.75, 3.05) is 30.4 Å². The molecular weight excluding hydrogens is 336 g/mol. The fourth-order valence-corrected chi connectivity index (χ4v) is 2.43. The smallest absolute Gasteiger partial charge is 0.245 e. The topological polar surface area (TPSA) is 117 Å². The van der Waals surface area contributed by atoms with Gasteiger partial charge in [-0.05, 0) is 18.2 Å². The van der Waals surface area contributed by atoms with E-state index in [2.05, 4.69) is 15.5 Å². The molecule has 128 valence electrons. The Bertz CT molecular complexity index is 728. The normalized spacial score (nSPS) is 11.5. The van der Waals surface area contributed by atoms with Crippen molar-refractivity contribution in [3.8, 4) is 11.5 Å². The number of ether oxygens (including phenoxy) is 2. The molecule has 0 aliphatic heterocycles. The fourth-order valence-electron chi connectivity index (χ4n) is 1.91. The molecule has 0 fully saturated rings. The minimum Gasteiger partial charge on any atom is -0.755 e. The van der Waals surface area contributed by atoms with E-state index in [1.54, 1.807) is 12.1 Å². The van der Waals surface area contributed by atoms with Gasteiger partial charge >= 0.3 is 0 Å². The molecule has 0 saturated carbocycles. The lowest BCUT2D eigenvalue weighted by molar-refractivity contribution is -0.114. The SMILES string of the molecule is COc1ccc(OC)c(N(CC(=O)Nc2ccnnc2)S(=O)[O-])c1. The van der Waals surface area contributed by atoms with Gasteiger partial charge in [-0.2, -0.15) is 10.2 Å². The summed E-state index contributed by atoms with van der Waals surface area (Å²) in [4.78, 5) is 12.1. The maximum Gasteiger partial charge on any atom is 0.245 e. The first kappa shape index (κ1) is 17.6. The Morgan fingerprint density at radius 3 is 2.67 bits per heavy atom. The summed E-state index contributed by atoms with van der Waals surface area (Å²) in [5.74, 6) is 0.176. The predicted octanol–water partition coefficient (Wildman–Crippen LogP) is 0.733. The van der Waals surface area contributed by atoms with Crippen LogP contribution in [0.1, 0.15) is 0 Å². The monoisotopic (exact) mass is 351 g/mol. The minimum absolute atomic E-state index is 0.188. The Morgan fingerprint density at radius 2 is 2.08 bits per heavy atom. The highest BCUT2D eigenvalue weighted by Crippen LogP contribution is 2.32. The van der Waals surface area contributed by atoms with Crippen LogP contribution in [0.5, 0.6) is 11.5 Å². The molecule has 1 heterocycles. The number of hydrogen-bond donors (Lipinski definition) is 1. The minimum atomic E-state index is -2.70. The second-order valence-corrected chi connectivity index (χ2v) is 5.35. The number of methoxy groups -OCH3 is 2. The molecule has 1 atom stereocenters.